The van der Waals surface area contributed by atoms with Crippen molar-refractivity contribution in [2.24, 2.45) is 0 Å². The molecule has 0 aromatic heterocycles. The molecule has 132 valence electrons. The molecule has 0 saturated carbocycles. The molecule has 9 nitrogen and oxygen atoms in total. The molecule has 0 fully saturated rings. The average molecular weight is 365 g/mol. The lowest BCUT2D eigenvalue weighted by Crippen LogP contribution is -2.19. The number of sulfonamides is 1. The second-order valence-electron chi connectivity index (χ2n) is 4.83. The highest BCUT2D eigenvalue weighted by Gasteiger charge is 2.17. The first-order chi connectivity index (χ1) is 11.8. The Hall–Kier alpha value is -2.98. The first-order valence-corrected chi connectivity index (χ1v) is 8.44. The normalized spacial score (nSPS) is 11.0. The van der Waals surface area contributed by atoms with Crippen LogP contribution in [-0.4, -0.2) is 33.4 Å². The van der Waals surface area contributed by atoms with Gasteiger partial charge in [-0.05, 0) is 31.3 Å². The fraction of sp³-hybridized carbons (Fsp3) is 0.133. The Morgan fingerprint density at radius 3 is 2.52 bits per heavy atom. The summed E-state index contributed by atoms with van der Waals surface area (Å²) >= 11 is 0. The van der Waals surface area contributed by atoms with Crippen LogP contribution in [0.2, 0.25) is 0 Å². The summed E-state index contributed by atoms with van der Waals surface area (Å²) in [7, 11) is -1.08. The van der Waals surface area contributed by atoms with Crippen molar-refractivity contribution < 1.29 is 22.9 Å². The summed E-state index contributed by atoms with van der Waals surface area (Å²) < 4.78 is 30.9. The summed E-state index contributed by atoms with van der Waals surface area (Å²) in [4.78, 5) is 22.6. The van der Waals surface area contributed by atoms with Crippen molar-refractivity contribution in [1.29, 1.82) is 0 Å². The Morgan fingerprint density at radius 1 is 1.20 bits per heavy atom. The van der Waals surface area contributed by atoms with Gasteiger partial charge in [0.1, 0.15) is 5.75 Å². The second kappa shape index (κ2) is 7.28. The van der Waals surface area contributed by atoms with E-state index in [1.165, 1.54) is 50.6 Å². The smallest absolute Gasteiger partial charge is 0.271 e. The zero-order chi connectivity index (χ0) is 18.6. The molecule has 0 saturated heterocycles. The van der Waals surface area contributed by atoms with Crippen LogP contribution in [0, 0.1) is 10.1 Å². The Balaban J connectivity index is 2.36. The number of nitro groups is 1. The van der Waals surface area contributed by atoms with Gasteiger partial charge in [-0.2, -0.15) is 0 Å². The third-order valence-corrected chi connectivity index (χ3v) is 4.73. The number of methoxy groups -OCH3 is 1. The molecule has 0 aliphatic rings. The molecule has 25 heavy (non-hydrogen) atoms. The van der Waals surface area contributed by atoms with Crippen LogP contribution in [0.3, 0.4) is 0 Å². The minimum atomic E-state index is -3.70. The van der Waals surface area contributed by atoms with Crippen molar-refractivity contribution in [1.82, 2.24) is 4.72 Å². The molecule has 0 atom stereocenters. The molecule has 2 rings (SSSR count). The van der Waals surface area contributed by atoms with Gasteiger partial charge in [0.15, 0.2) is 0 Å². The number of nitro benzene ring substituents is 1. The molecule has 0 bridgehead atoms. The van der Waals surface area contributed by atoms with E-state index in [4.69, 9.17) is 4.74 Å². The zero-order valence-electron chi connectivity index (χ0n) is 13.3. The summed E-state index contributed by atoms with van der Waals surface area (Å²) in [6.45, 7) is 0. The molecule has 0 aliphatic heterocycles. The monoisotopic (exact) mass is 365 g/mol. The molecule has 0 unspecified atom stereocenters. The molecule has 0 radical (unpaired) electrons. The van der Waals surface area contributed by atoms with Gasteiger partial charge in [0, 0.05) is 17.7 Å². The Kier molecular flexibility index (Phi) is 5.35. The Bertz CT molecular complexity index is 927. The number of non-ortho nitro benzene ring substituents is 1. The maximum absolute atomic E-state index is 12.4. The molecule has 0 spiro atoms. The van der Waals surface area contributed by atoms with E-state index in [1.54, 1.807) is 0 Å². The largest absolute Gasteiger partial charge is 0.495 e. The van der Waals surface area contributed by atoms with Gasteiger partial charge in [-0.3, -0.25) is 14.9 Å². The third kappa shape index (κ3) is 4.11. The van der Waals surface area contributed by atoms with E-state index in [-0.39, 0.29) is 27.6 Å². The number of ether oxygens (including phenoxy) is 1. The summed E-state index contributed by atoms with van der Waals surface area (Å²) in [5, 5.41) is 13.4. The van der Waals surface area contributed by atoms with Crippen molar-refractivity contribution in [2.45, 2.75) is 4.90 Å². The average Bonchev–Trinajstić information content (AvgIpc) is 2.61. The van der Waals surface area contributed by atoms with Crippen LogP contribution in [0.4, 0.5) is 11.4 Å². The summed E-state index contributed by atoms with van der Waals surface area (Å²) in [5.74, 6) is -0.398. The van der Waals surface area contributed by atoms with Gasteiger partial charge >= 0.3 is 0 Å². The summed E-state index contributed by atoms with van der Waals surface area (Å²) in [6.07, 6.45) is 0. The van der Waals surface area contributed by atoms with Crippen LogP contribution in [0.5, 0.6) is 5.75 Å². The first kappa shape index (κ1) is 18.4. The molecular weight excluding hydrogens is 350 g/mol. The zero-order valence-corrected chi connectivity index (χ0v) is 14.2. The van der Waals surface area contributed by atoms with Gasteiger partial charge in [-0.15, -0.1) is 0 Å². The molecule has 2 aromatic carbocycles. The number of benzene rings is 2. The van der Waals surface area contributed by atoms with E-state index < -0.39 is 20.9 Å². The van der Waals surface area contributed by atoms with Gasteiger partial charge in [0.05, 0.1) is 22.6 Å². The van der Waals surface area contributed by atoms with Gasteiger partial charge in [0.2, 0.25) is 10.0 Å². The van der Waals surface area contributed by atoms with Crippen molar-refractivity contribution in [3.8, 4) is 5.75 Å². The predicted octanol–water partition coefficient (Wildman–Crippen LogP) is 1.76. The third-order valence-electron chi connectivity index (χ3n) is 3.32. The molecule has 10 heteroatoms. The van der Waals surface area contributed by atoms with Crippen LogP contribution in [0.1, 0.15) is 10.4 Å². The van der Waals surface area contributed by atoms with E-state index in [0.717, 1.165) is 6.07 Å². The second-order valence-corrected chi connectivity index (χ2v) is 6.72. The molecule has 0 heterocycles. The Morgan fingerprint density at radius 2 is 1.92 bits per heavy atom. The topological polar surface area (TPSA) is 128 Å². The molecular formula is C15H15N3O6S. The number of nitrogens with zero attached hydrogens (tertiary/aromatic N) is 1. The Labute approximate surface area is 143 Å². The van der Waals surface area contributed by atoms with Crippen LogP contribution >= 0.6 is 0 Å². The van der Waals surface area contributed by atoms with Gasteiger partial charge < -0.3 is 10.1 Å². The summed E-state index contributed by atoms with van der Waals surface area (Å²) in [6, 6.07) is 9.15. The van der Waals surface area contributed by atoms with Crippen LogP contribution < -0.4 is 14.8 Å². The molecule has 2 aromatic rings. The van der Waals surface area contributed by atoms with E-state index in [0.29, 0.717) is 0 Å². The quantitative estimate of drug-likeness (QED) is 0.593. The van der Waals surface area contributed by atoms with Crippen LogP contribution in [0.25, 0.3) is 0 Å². The van der Waals surface area contributed by atoms with E-state index in [9.17, 15) is 23.3 Å². The lowest BCUT2D eigenvalue weighted by atomic mass is 10.2. The summed E-state index contributed by atoms with van der Waals surface area (Å²) in [5.41, 5.74) is -0.0453. The number of nitrogens with one attached hydrogen (secondary N) is 2. The first-order valence-electron chi connectivity index (χ1n) is 6.96. The molecule has 2 N–H and O–H groups in total. The van der Waals surface area contributed by atoms with Crippen molar-refractivity contribution >= 4 is 27.3 Å². The number of anilines is 1. The lowest BCUT2D eigenvalue weighted by molar-refractivity contribution is -0.384. The molecule has 0 aliphatic carbocycles. The fourth-order valence-electron chi connectivity index (χ4n) is 2.02. The van der Waals surface area contributed by atoms with E-state index >= 15 is 0 Å². The highest BCUT2D eigenvalue weighted by atomic mass is 32.2. The fourth-order valence-corrected chi connectivity index (χ4v) is 2.80. The maximum Gasteiger partial charge on any atom is 0.271 e. The molecule has 1 amide bonds. The SMILES string of the molecule is CNS(=O)(=O)c1cccc(C(=O)Nc2cc([N+](=O)[O-])ccc2OC)c1. The number of amides is 1. The van der Waals surface area contributed by atoms with Gasteiger partial charge in [-0.1, -0.05) is 6.07 Å². The van der Waals surface area contributed by atoms with Crippen LogP contribution in [0.15, 0.2) is 47.4 Å². The van der Waals surface area contributed by atoms with Crippen LogP contribution in [-0.2, 0) is 10.0 Å². The minimum absolute atomic E-state index is 0.0740. The number of carbonyl (C=O) groups excluding carboxylic acids is 1. The maximum atomic E-state index is 12.4. The number of hydrogen-bond acceptors (Lipinski definition) is 6. The standard InChI is InChI=1S/C15H15N3O6S/c1-16-25(22,23)12-5-3-4-10(8-12)15(19)17-13-9-11(18(20)21)6-7-14(13)24-2/h3-9,16H,1-2H3,(H,17,19). The number of rotatable bonds is 6. The minimum Gasteiger partial charge on any atom is -0.495 e. The van der Waals surface area contributed by atoms with E-state index in [1.807, 2.05) is 0 Å². The number of hydrogen-bond donors (Lipinski definition) is 2. The van der Waals surface area contributed by atoms with Gasteiger partial charge in [-0.25, -0.2) is 13.1 Å². The van der Waals surface area contributed by atoms with Crippen molar-refractivity contribution in [3.63, 3.8) is 0 Å². The highest BCUT2D eigenvalue weighted by Crippen LogP contribution is 2.29. The van der Waals surface area contributed by atoms with Crippen molar-refractivity contribution in [3.05, 3.63) is 58.1 Å². The van der Waals surface area contributed by atoms with E-state index in [2.05, 4.69) is 10.0 Å². The number of carbonyl (C=O) groups is 1. The predicted molar refractivity (Wildman–Crippen MR) is 90.3 cm³/mol. The van der Waals surface area contributed by atoms with Crippen molar-refractivity contribution in [2.75, 3.05) is 19.5 Å². The lowest BCUT2D eigenvalue weighted by Gasteiger charge is -2.10. The highest BCUT2D eigenvalue weighted by molar-refractivity contribution is 7.89. The van der Waals surface area contributed by atoms with Gasteiger partial charge in [0.25, 0.3) is 11.6 Å².